The monoisotopic (exact) mass is 454 g/mol. The van der Waals surface area contributed by atoms with Crippen LogP contribution < -0.4 is 15.5 Å². The molecule has 9 nitrogen and oxygen atoms in total. The van der Waals surface area contributed by atoms with E-state index in [4.69, 9.17) is 0 Å². The zero-order valence-corrected chi connectivity index (χ0v) is 19.8. The molecule has 2 aromatic rings. The first-order valence-electron chi connectivity index (χ1n) is 11.4. The Morgan fingerprint density at radius 3 is 2.36 bits per heavy atom. The van der Waals surface area contributed by atoms with E-state index in [0.717, 1.165) is 11.5 Å². The lowest BCUT2D eigenvalue weighted by molar-refractivity contribution is 0.0739. The number of piperazine rings is 1. The predicted molar refractivity (Wildman–Crippen MR) is 129 cm³/mol. The van der Waals surface area contributed by atoms with Crippen molar-refractivity contribution in [2.45, 2.75) is 39.8 Å². The number of aliphatic hydroxyl groups is 1. The number of pyridine rings is 2. The van der Waals surface area contributed by atoms with Gasteiger partial charge in [0.2, 0.25) is 0 Å². The van der Waals surface area contributed by atoms with E-state index >= 15 is 0 Å². The highest BCUT2D eigenvalue weighted by Gasteiger charge is 2.25. The summed E-state index contributed by atoms with van der Waals surface area (Å²) in [5, 5.41) is 15.6. The molecule has 0 saturated carbocycles. The summed E-state index contributed by atoms with van der Waals surface area (Å²) in [5.41, 5.74) is 1.65. The highest BCUT2D eigenvalue weighted by atomic mass is 16.3. The Hall–Kier alpha value is -3.20. The molecule has 2 amide bonds. The molecule has 0 aromatic carbocycles. The lowest BCUT2D eigenvalue weighted by atomic mass is 10.1. The number of hydrogen-bond acceptors (Lipinski definition) is 7. The lowest BCUT2D eigenvalue weighted by Gasteiger charge is -2.36. The van der Waals surface area contributed by atoms with E-state index in [1.165, 1.54) is 6.20 Å². The Kier molecular flexibility index (Phi) is 8.21. The molecule has 33 heavy (non-hydrogen) atoms. The van der Waals surface area contributed by atoms with Crippen LogP contribution in [-0.4, -0.2) is 76.7 Å². The maximum Gasteiger partial charge on any atom is 0.272 e. The van der Waals surface area contributed by atoms with Crippen LogP contribution in [0.5, 0.6) is 0 Å². The van der Waals surface area contributed by atoms with E-state index in [1.54, 1.807) is 23.2 Å². The first-order valence-corrected chi connectivity index (χ1v) is 11.4. The normalized spacial score (nSPS) is 15.0. The Morgan fingerprint density at radius 2 is 1.79 bits per heavy atom. The number of aliphatic hydroxyl groups excluding tert-OH is 1. The van der Waals surface area contributed by atoms with Gasteiger partial charge in [0.15, 0.2) is 5.82 Å². The highest BCUT2D eigenvalue weighted by Crippen LogP contribution is 2.24. The van der Waals surface area contributed by atoms with Gasteiger partial charge in [0.25, 0.3) is 11.8 Å². The van der Waals surface area contributed by atoms with Crippen LogP contribution in [0.3, 0.4) is 0 Å². The predicted octanol–water partition coefficient (Wildman–Crippen LogP) is 2.01. The third kappa shape index (κ3) is 6.19. The zero-order valence-electron chi connectivity index (χ0n) is 19.8. The summed E-state index contributed by atoms with van der Waals surface area (Å²) in [6, 6.07) is 7.08. The van der Waals surface area contributed by atoms with Crippen molar-refractivity contribution in [3.63, 3.8) is 0 Å². The van der Waals surface area contributed by atoms with Gasteiger partial charge < -0.3 is 25.5 Å². The molecule has 3 heterocycles. The van der Waals surface area contributed by atoms with Crippen molar-refractivity contribution in [3.8, 4) is 0 Å². The SMILES string of the molecule is CC(C)Nc1cccnc1N1CCN(C(=O)c2ccc(C(=O)N[C@@H](CO)C(C)C)cn2)CC1. The summed E-state index contributed by atoms with van der Waals surface area (Å²) < 4.78 is 0. The van der Waals surface area contributed by atoms with E-state index in [0.29, 0.717) is 43.5 Å². The minimum atomic E-state index is -0.328. The molecule has 1 saturated heterocycles. The fourth-order valence-corrected chi connectivity index (χ4v) is 3.69. The molecule has 0 radical (unpaired) electrons. The molecule has 1 fully saturated rings. The van der Waals surface area contributed by atoms with E-state index in [-0.39, 0.29) is 30.4 Å². The molecular formula is C24H34N6O3. The Morgan fingerprint density at radius 1 is 1.06 bits per heavy atom. The average molecular weight is 455 g/mol. The van der Waals surface area contributed by atoms with Crippen molar-refractivity contribution in [1.82, 2.24) is 20.2 Å². The van der Waals surface area contributed by atoms with Crippen LogP contribution >= 0.6 is 0 Å². The second-order valence-corrected chi connectivity index (χ2v) is 8.89. The Balaban J connectivity index is 1.59. The number of rotatable bonds is 8. The van der Waals surface area contributed by atoms with Gasteiger partial charge in [-0.25, -0.2) is 4.98 Å². The molecule has 0 unspecified atom stereocenters. The third-order valence-corrected chi connectivity index (χ3v) is 5.66. The van der Waals surface area contributed by atoms with Gasteiger partial charge >= 0.3 is 0 Å². The fraction of sp³-hybridized carbons (Fsp3) is 0.500. The molecule has 0 bridgehead atoms. The van der Waals surface area contributed by atoms with Crippen molar-refractivity contribution in [1.29, 1.82) is 0 Å². The third-order valence-electron chi connectivity index (χ3n) is 5.66. The summed E-state index contributed by atoms with van der Waals surface area (Å²) in [5.74, 6) is 0.534. The number of nitrogens with zero attached hydrogens (tertiary/aromatic N) is 4. The van der Waals surface area contributed by atoms with Gasteiger partial charge in [-0.15, -0.1) is 0 Å². The maximum absolute atomic E-state index is 12.9. The molecular weight excluding hydrogens is 420 g/mol. The summed E-state index contributed by atoms with van der Waals surface area (Å²) in [6.07, 6.45) is 3.19. The minimum Gasteiger partial charge on any atom is -0.394 e. The van der Waals surface area contributed by atoms with Crippen molar-refractivity contribution in [2.75, 3.05) is 43.0 Å². The summed E-state index contributed by atoms with van der Waals surface area (Å²) in [7, 11) is 0. The van der Waals surface area contributed by atoms with Gasteiger partial charge in [0.1, 0.15) is 5.69 Å². The molecule has 2 aromatic heterocycles. The lowest BCUT2D eigenvalue weighted by Crippen LogP contribution is -2.49. The largest absolute Gasteiger partial charge is 0.394 e. The number of amides is 2. The molecule has 1 atom stereocenters. The standard InChI is InChI=1S/C24H34N6O3/c1-16(2)21(15-31)28-23(32)18-7-8-20(26-14-18)24(33)30-12-10-29(11-13-30)22-19(27-17(3)4)6-5-9-25-22/h5-9,14,16-17,21,27,31H,10-13,15H2,1-4H3,(H,28,32)/t21-/m0/s1. The van der Waals surface area contributed by atoms with E-state index in [1.807, 2.05) is 26.0 Å². The quantitative estimate of drug-likeness (QED) is 0.560. The highest BCUT2D eigenvalue weighted by molar-refractivity contribution is 5.96. The molecule has 3 rings (SSSR count). The number of carbonyl (C=O) groups excluding carboxylic acids is 2. The van der Waals surface area contributed by atoms with E-state index < -0.39 is 0 Å². The van der Waals surface area contributed by atoms with E-state index in [2.05, 4.69) is 39.3 Å². The number of carbonyl (C=O) groups is 2. The molecule has 0 aliphatic carbocycles. The van der Waals surface area contributed by atoms with Gasteiger partial charge in [-0.2, -0.15) is 0 Å². The Bertz CT molecular complexity index is 939. The molecule has 9 heteroatoms. The van der Waals surface area contributed by atoms with Gasteiger partial charge in [0, 0.05) is 44.6 Å². The first-order chi connectivity index (χ1) is 15.8. The fourth-order valence-electron chi connectivity index (χ4n) is 3.69. The second-order valence-electron chi connectivity index (χ2n) is 8.89. The van der Waals surface area contributed by atoms with Crippen LogP contribution in [0, 0.1) is 5.92 Å². The van der Waals surface area contributed by atoms with Crippen LogP contribution in [0.1, 0.15) is 48.5 Å². The second kappa shape index (κ2) is 11.1. The van der Waals surface area contributed by atoms with Crippen molar-refractivity contribution >= 4 is 23.3 Å². The van der Waals surface area contributed by atoms with Gasteiger partial charge in [0.05, 0.1) is 23.9 Å². The number of nitrogens with one attached hydrogen (secondary N) is 2. The Labute approximate surface area is 195 Å². The van der Waals surface area contributed by atoms with Crippen molar-refractivity contribution in [2.24, 2.45) is 5.92 Å². The average Bonchev–Trinajstić information content (AvgIpc) is 2.82. The zero-order chi connectivity index (χ0) is 24.0. The number of aromatic nitrogens is 2. The van der Waals surface area contributed by atoms with Crippen molar-refractivity contribution in [3.05, 3.63) is 47.9 Å². The maximum atomic E-state index is 12.9. The van der Waals surface area contributed by atoms with Crippen LogP contribution in [0.4, 0.5) is 11.5 Å². The smallest absolute Gasteiger partial charge is 0.272 e. The molecule has 1 aliphatic heterocycles. The van der Waals surface area contributed by atoms with Gasteiger partial charge in [-0.05, 0) is 44.0 Å². The van der Waals surface area contributed by atoms with Crippen molar-refractivity contribution < 1.29 is 14.7 Å². The topological polar surface area (TPSA) is 111 Å². The summed E-state index contributed by atoms with van der Waals surface area (Å²) >= 11 is 0. The van der Waals surface area contributed by atoms with Crippen LogP contribution in [0.15, 0.2) is 36.7 Å². The molecule has 1 aliphatic rings. The molecule has 178 valence electrons. The minimum absolute atomic E-state index is 0.106. The van der Waals surface area contributed by atoms with Crippen LogP contribution in [0.25, 0.3) is 0 Å². The van der Waals surface area contributed by atoms with Gasteiger partial charge in [-0.3, -0.25) is 14.6 Å². The molecule has 3 N–H and O–H groups in total. The summed E-state index contributed by atoms with van der Waals surface area (Å²) in [4.78, 5) is 38.1. The van der Waals surface area contributed by atoms with Crippen LogP contribution in [-0.2, 0) is 0 Å². The number of hydrogen-bond donors (Lipinski definition) is 3. The molecule has 0 spiro atoms. The first kappa shape index (κ1) is 24.4. The summed E-state index contributed by atoms with van der Waals surface area (Å²) in [6.45, 7) is 10.4. The van der Waals surface area contributed by atoms with E-state index in [9.17, 15) is 14.7 Å². The number of anilines is 2. The van der Waals surface area contributed by atoms with Gasteiger partial charge in [-0.1, -0.05) is 13.8 Å². The van der Waals surface area contributed by atoms with Crippen LogP contribution in [0.2, 0.25) is 0 Å².